The Morgan fingerprint density at radius 2 is 2.20 bits per heavy atom. The van der Waals surface area contributed by atoms with E-state index in [9.17, 15) is 10.1 Å². The van der Waals surface area contributed by atoms with Crippen LogP contribution in [0.1, 0.15) is 35.6 Å². The summed E-state index contributed by atoms with van der Waals surface area (Å²) in [5, 5.41) is 9.80. The molecule has 4 rings (SSSR count). The summed E-state index contributed by atoms with van der Waals surface area (Å²) in [5.74, 6) is 0.415. The number of fused-ring (bicyclic) bond motifs is 1. The fraction of sp³-hybridized carbons (Fsp3) is 0.364. The van der Waals surface area contributed by atoms with Crippen molar-refractivity contribution in [3.05, 3.63) is 67.4 Å². The number of nitriles is 1. The van der Waals surface area contributed by atoms with Crippen molar-refractivity contribution in [3.63, 3.8) is 0 Å². The summed E-state index contributed by atoms with van der Waals surface area (Å²) in [7, 11) is 1.58. The second kappa shape index (κ2) is 8.17. The topological polar surface area (TPSA) is 99.5 Å². The number of allylic oxidation sites excluding steroid dienone is 1. The number of aryl methyl sites for hydroxylation is 1. The van der Waals surface area contributed by atoms with E-state index in [-0.39, 0.29) is 23.1 Å². The average Bonchev–Trinajstić information content (AvgIpc) is 3.23. The zero-order valence-corrected chi connectivity index (χ0v) is 18.4. The van der Waals surface area contributed by atoms with Gasteiger partial charge in [-0.05, 0) is 53.4 Å². The number of methoxy groups -OCH3 is 1. The molecule has 156 valence electrons. The minimum atomic E-state index is -0.634. The van der Waals surface area contributed by atoms with Crippen LogP contribution in [0.3, 0.4) is 0 Å². The van der Waals surface area contributed by atoms with Gasteiger partial charge in [0.15, 0.2) is 0 Å². The summed E-state index contributed by atoms with van der Waals surface area (Å²) in [5.41, 5.74) is 7.99. The molecule has 7 nitrogen and oxygen atoms in total. The third kappa shape index (κ3) is 3.48. The van der Waals surface area contributed by atoms with Crippen molar-refractivity contribution < 1.29 is 14.2 Å². The second-order valence-electron chi connectivity index (χ2n) is 7.43. The molecule has 8 heteroatoms. The van der Waals surface area contributed by atoms with Gasteiger partial charge in [-0.1, -0.05) is 6.07 Å². The van der Waals surface area contributed by atoms with E-state index in [1.165, 1.54) is 0 Å². The summed E-state index contributed by atoms with van der Waals surface area (Å²) in [6.07, 6.45) is 1.92. The molecule has 1 saturated heterocycles. The van der Waals surface area contributed by atoms with Gasteiger partial charge in [0.2, 0.25) is 5.88 Å². The molecule has 2 aliphatic rings. The van der Waals surface area contributed by atoms with Crippen molar-refractivity contribution in [1.82, 2.24) is 4.57 Å². The molecule has 0 spiro atoms. The number of ether oxygens (including phenoxy) is 3. The van der Waals surface area contributed by atoms with Crippen LogP contribution in [0.2, 0.25) is 0 Å². The van der Waals surface area contributed by atoms with Gasteiger partial charge < -0.3 is 24.5 Å². The van der Waals surface area contributed by atoms with Crippen LogP contribution >= 0.6 is 15.9 Å². The normalized spacial score (nSPS) is 20.5. The number of hydrogen-bond acceptors (Lipinski definition) is 6. The third-order valence-corrected chi connectivity index (χ3v) is 6.23. The maximum absolute atomic E-state index is 13.6. The Morgan fingerprint density at radius 1 is 1.40 bits per heavy atom. The number of aromatic nitrogens is 1. The van der Waals surface area contributed by atoms with Gasteiger partial charge in [-0.25, -0.2) is 0 Å². The highest BCUT2D eigenvalue weighted by Gasteiger charge is 2.35. The number of nitrogens with zero attached hydrogens (tertiary/aromatic N) is 2. The van der Waals surface area contributed by atoms with Gasteiger partial charge in [0, 0.05) is 18.4 Å². The molecular formula is C22H22BrN3O4. The second-order valence-corrected chi connectivity index (χ2v) is 8.29. The van der Waals surface area contributed by atoms with E-state index < -0.39 is 5.92 Å². The Hall–Kier alpha value is -2.76. The van der Waals surface area contributed by atoms with Crippen LogP contribution in [0, 0.1) is 18.3 Å². The molecule has 2 aliphatic heterocycles. The summed E-state index contributed by atoms with van der Waals surface area (Å²) in [6, 6.07) is 9.40. The van der Waals surface area contributed by atoms with E-state index in [1.54, 1.807) is 23.8 Å². The first-order valence-electron chi connectivity index (χ1n) is 9.71. The molecule has 30 heavy (non-hydrogen) atoms. The summed E-state index contributed by atoms with van der Waals surface area (Å²) < 4.78 is 19.2. The molecule has 0 amide bonds. The lowest BCUT2D eigenvalue weighted by molar-refractivity contribution is 0.0955. The fourth-order valence-corrected chi connectivity index (χ4v) is 4.66. The molecule has 0 aliphatic carbocycles. The highest BCUT2D eigenvalue weighted by atomic mass is 79.9. The van der Waals surface area contributed by atoms with Crippen LogP contribution < -0.4 is 20.8 Å². The van der Waals surface area contributed by atoms with Gasteiger partial charge in [0.1, 0.15) is 23.1 Å². The number of rotatable bonds is 4. The van der Waals surface area contributed by atoms with Crippen molar-refractivity contribution in [2.45, 2.75) is 38.3 Å². The van der Waals surface area contributed by atoms with Gasteiger partial charge in [-0.15, -0.1) is 0 Å². The van der Waals surface area contributed by atoms with Crippen molar-refractivity contribution >= 4 is 15.9 Å². The quantitative estimate of drug-likeness (QED) is 0.733. The summed E-state index contributed by atoms with van der Waals surface area (Å²) in [6.45, 7) is 3.05. The van der Waals surface area contributed by atoms with E-state index in [1.807, 2.05) is 19.1 Å². The number of hydrogen-bond donors (Lipinski definition) is 1. The van der Waals surface area contributed by atoms with E-state index in [0.29, 0.717) is 30.2 Å². The maximum Gasteiger partial charge on any atom is 0.258 e. The van der Waals surface area contributed by atoms with Crippen LogP contribution in [0.5, 0.6) is 11.5 Å². The molecular weight excluding hydrogens is 450 g/mol. The first-order chi connectivity index (χ1) is 14.4. The lowest BCUT2D eigenvalue weighted by Crippen LogP contribution is -2.35. The molecule has 2 atom stereocenters. The van der Waals surface area contributed by atoms with Crippen LogP contribution in [-0.2, 0) is 11.3 Å². The lowest BCUT2D eigenvalue weighted by Gasteiger charge is -2.28. The molecule has 1 aromatic heterocycles. The largest absolute Gasteiger partial charge is 0.496 e. The number of halogens is 1. The van der Waals surface area contributed by atoms with E-state index in [4.69, 9.17) is 19.9 Å². The Kier molecular flexibility index (Phi) is 5.58. The van der Waals surface area contributed by atoms with Gasteiger partial charge in [0.05, 0.1) is 35.7 Å². The van der Waals surface area contributed by atoms with Crippen LogP contribution in [-0.4, -0.2) is 24.4 Å². The molecule has 1 fully saturated rings. The highest BCUT2D eigenvalue weighted by Crippen LogP contribution is 2.42. The Bertz CT molecular complexity index is 1130. The highest BCUT2D eigenvalue weighted by molar-refractivity contribution is 9.10. The van der Waals surface area contributed by atoms with Crippen LogP contribution in [0.15, 0.2) is 45.0 Å². The monoisotopic (exact) mass is 471 g/mol. The predicted octanol–water partition coefficient (Wildman–Crippen LogP) is 3.33. The van der Waals surface area contributed by atoms with Crippen molar-refractivity contribution in [1.29, 1.82) is 5.26 Å². The molecule has 0 unspecified atom stereocenters. The summed E-state index contributed by atoms with van der Waals surface area (Å²) >= 11 is 3.49. The number of nitrogens with two attached hydrogens (primary N) is 1. The van der Waals surface area contributed by atoms with Crippen molar-refractivity contribution in [3.8, 4) is 17.6 Å². The van der Waals surface area contributed by atoms with E-state index in [0.717, 1.165) is 28.6 Å². The van der Waals surface area contributed by atoms with Gasteiger partial charge in [-0.3, -0.25) is 4.79 Å². The van der Waals surface area contributed by atoms with Crippen molar-refractivity contribution in [2.24, 2.45) is 5.73 Å². The van der Waals surface area contributed by atoms with Gasteiger partial charge in [-0.2, -0.15) is 5.26 Å². The number of pyridine rings is 1. The Labute approximate surface area is 182 Å². The van der Waals surface area contributed by atoms with Crippen LogP contribution in [0.4, 0.5) is 0 Å². The molecule has 3 heterocycles. The zero-order valence-electron chi connectivity index (χ0n) is 16.8. The maximum atomic E-state index is 13.6. The van der Waals surface area contributed by atoms with Crippen molar-refractivity contribution in [2.75, 3.05) is 13.7 Å². The van der Waals surface area contributed by atoms with E-state index >= 15 is 0 Å². The predicted molar refractivity (Wildman–Crippen MR) is 114 cm³/mol. The third-order valence-electron chi connectivity index (χ3n) is 5.61. The average molecular weight is 472 g/mol. The van der Waals surface area contributed by atoms with Crippen LogP contribution in [0.25, 0.3) is 0 Å². The molecule has 2 N–H and O–H groups in total. The number of benzene rings is 1. The molecule has 0 bridgehead atoms. The molecule has 0 saturated carbocycles. The molecule has 2 aromatic rings. The molecule has 0 radical (unpaired) electrons. The smallest absolute Gasteiger partial charge is 0.258 e. The lowest BCUT2D eigenvalue weighted by atomic mass is 9.84. The Morgan fingerprint density at radius 3 is 2.83 bits per heavy atom. The SMILES string of the molecule is COc1ccc([C@H]2C(C#N)=C(N)Oc3cc(C)n(C[C@@H]4CCCO4)c(=O)c32)cc1Br. The first kappa shape index (κ1) is 20.5. The zero-order chi connectivity index (χ0) is 21.4. The van der Waals surface area contributed by atoms with Gasteiger partial charge >= 0.3 is 0 Å². The summed E-state index contributed by atoms with van der Waals surface area (Å²) in [4.78, 5) is 13.6. The van der Waals surface area contributed by atoms with Gasteiger partial charge in [0.25, 0.3) is 5.56 Å². The first-order valence-corrected chi connectivity index (χ1v) is 10.5. The minimum absolute atomic E-state index is 0.00795. The standard InChI is InChI=1S/C22H22BrN3O4/c1-12-8-18-20(22(27)26(12)11-14-4-3-7-29-14)19(15(10-24)21(25)30-18)13-5-6-17(28-2)16(23)9-13/h5-6,8-9,14,19H,3-4,7,11,25H2,1-2H3/t14-,19-/m0/s1. The Balaban J connectivity index is 1.89. The van der Waals surface area contributed by atoms with E-state index in [2.05, 4.69) is 22.0 Å². The fourth-order valence-electron chi connectivity index (χ4n) is 4.10. The molecule has 1 aromatic carbocycles. The minimum Gasteiger partial charge on any atom is -0.496 e.